The van der Waals surface area contributed by atoms with Gasteiger partial charge in [-0.15, -0.1) is 0 Å². The summed E-state index contributed by atoms with van der Waals surface area (Å²) < 4.78 is 2.06. The van der Waals surface area contributed by atoms with E-state index < -0.39 is 0 Å². The molecule has 2 rings (SSSR count). The summed E-state index contributed by atoms with van der Waals surface area (Å²) in [6.45, 7) is 5.35. The predicted molar refractivity (Wildman–Crippen MR) is 84.8 cm³/mol. The highest BCUT2D eigenvalue weighted by molar-refractivity contribution is 5.25. The van der Waals surface area contributed by atoms with Gasteiger partial charge in [0.1, 0.15) is 0 Å². The van der Waals surface area contributed by atoms with E-state index in [0.717, 1.165) is 13.0 Å². The maximum Gasteiger partial charge on any atom is 0.0707 e. The molecule has 0 amide bonds. The van der Waals surface area contributed by atoms with Crippen LogP contribution in [0.5, 0.6) is 0 Å². The number of hydrogen-bond donors (Lipinski definition) is 1. The molecule has 20 heavy (non-hydrogen) atoms. The largest absolute Gasteiger partial charge is 0.306 e. The Bertz CT molecular complexity index is 445. The van der Waals surface area contributed by atoms with Gasteiger partial charge in [0.15, 0.2) is 0 Å². The molecule has 1 aromatic rings. The number of aromatic nitrogens is 2. The smallest absolute Gasteiger partial charge is 0.0707 e. The zero-order chi connectivity index (χ0) is 14.4. The Morgan fingerprint density at radius 2 is 2.05 bits per heavy atom. The van der Waals surface area contributed by atoms with Crippen molar-refractivity contribution in [2.24, 2.45) is 7.05 Å². The van der Waals surface area contributed by atoms with Gasteiger partial charge in [-0.2, -0.15) is 5.10 Å². The summed E-state index contributed by atoms with van der Waals surface area (Å²) in [5.41, 5.74) is 4.07. The standard InChI is InChI=1S/C17H29N3/c1-4-15-13-16(20(3)19-15)17(18-5-2)14-11-9-7-6-8-10-12-14/h11,13,17-18H,4-10,12H2,1-3H3. The molecule has 1 N–H and O–H groups in total. The molecule has 0 radical (unpaired) electrons. The number of nitrogens with zero attached hydrogens (tertiary/aromatic N) is 2. The fourth-order valence-corrected chi connectivity index (χ4v) is 3.09. The monoisotopic (exact) mass is 275 g/mol. The van der Waals surface area contributed by atoms with E-state index in [-0.39, 0.29) is 0 Å². The topological polar surface area (TPSA) is 29.9 Å². The number of nitrogens with one attached hydrogen (secondary N) is 1. The minimum atomic E-state index is 0.343. The Balaban J connectivity index is 2.26. The maximum absolute atomic E-state index is 4.62. The second kappa shape index (κ2) is 7.63. The number of rotatable bonds is 5. The maximum atomic E-state index is 4.62. The van der Waals surface area contributed by atoms with E-state index in [1.165, 1.54) is 49.9 Å². The molecule has 0 saturated heterocycles. The SMILES string of the molecule is CCNC(C1=CCCCCCC1)c1cc(CC)nn1C. The van der Waals surface area contributed by atoms with Gasteiger partial charge in [0.2, 0.25) is 0 Å². The molecule has 3 nitrogen and oxygen atoms in total. The molecule has 0 bridgehead atoms. The molecule has 0 spiro atoms. The van der Waals surface area contributed by atoms with Crippen LogP contribution in [0.25, 0.3) is 0 Å². The number of likely N-dealkylation sites (N-methyl/N-ethyl adjacent to an activating group) is 1. The zero-order valence-corrected chi connectivity index (χ0v) is 13.3. The van der Waals surface area contributed by atoms with E-state index in [9.17, 15) is 0 Å². The normalized spacial score (nSPS) is 18.2. The summed E-state index contributed by atoms with van der Waals surface area (Å²) in [4.78, 5) is 0. The second-order valence-electron chi connectivity index (χ2n) is 5.76. The third kappa shape index (κ3) is 3.72. The van der Waals surface area contributed by atoms with E-state index in [1.54, 1.807) is 5.57 Å². The van der Waals surface area contributed by atoms with Crippen molar-refractivity contribution in [1.82, 2.24) is 15.1 Å². The molecule has 0 aromatic carbocycles. The van der Waals surface area contributed by atoms with Crippen molar-refractivity contribution in [2.75, 3.05) is 6.54 Å². The van der Waals surface area contributed by atoms with Crippen LogP contribution < -0.4 is 5.32 Å². The molecule has 0 aliphatic heterocycles. The van der Waals surface area contributed by atoms with Gasteiger partial charge in [0, 0.05) is 7.05 Å². The van der Waals surface area contributed by atoms with Gasteiger partial charge in [0.25, 0.3) is 0 Å². The lowest BCUT2D eigenvalue weighted by Crippen LogP contribution is -2.25. The third-order valence-corrected chi connectivity index (χ3v) is 4.23. The van der Waals surface area contributed by atoms with Crippen molar-refractivity contribution in [2.45, 2.75) is 64.8 Å². The fourth-order valence-electron chi connectivity index (χ4n) is 3.09. The van der Waals surface area contributed by atoms with E-state index in [2.05, 4.69) is 48.1 Å². The van der Waals surface area contributed by atoms with E-state index >= 15 is 0 Å². The summed E-state index contributed by atoms with van der Waals surface area (Å²) in [5.74, 6) is 0. The van der Waals surface area contributed by atoms with Crippen LogP contribution in [0.4, 0.5) is 0 Å². The second-order valence-corrected chi connectivity index (χ2v) is 5.76. The molecule has 0 saturated carbocycles. The minimum absolute atomic E-state index is 0.343. The summed E-state index contributed by atoms with van der Waals surface area (Å²) in [6.07, 6.45) is 11.4. The fraction of sp³-hybridized carbons (Fsp3) is 0.706. The van der Waals surface area contributed by atoms with Crippen LogP contribution in [0.2, 0.25) is 0 Å². The molecular formula is C17H29N3. The van der Waals surface area contributed by atoms with Crippen molar-refractivity contribution < 1.29 is 0 Å². The quantitative estimate of drug-likeness (QED) is 0.826. The van der Waals surface area contributed by atoms with E-state index in [0.29, 0.717) is 6.04 Å². The van der Waals surface area contributed by atoms with Crippen LogP contribution in [0.1, 0.15) is 69.8 Å². The van der Waals surface area contributed by atoms with Crippen molar-refractivity contribution in [3.8, 4) is 0 Å². The lowest BCUT2D eigenvalue weighted by atomic mass is 9.93. The van der Waals surface area contributed by atoms with Gasteiger partial charge < -0.3 is 5.32 Å². The average molecular weight is 275 g/mol. The number of allylic oxidation sites excluding steroid dienone is 1. The lowest BCUT2D eigenvalue weighted by molar-refractivity contribution is 0.524. The predicted octanol–water partition coefficient (Wildman–Crippen LogP) is 3.91. The van der Waals surface area contributed by atoms with Crippen molar-refractivity contribution in [1.29, 1.82) is 0 Å². The van der Waals surface area contributed by atoms with Crippen LogP contribution in [0, 0.1) is 0 Å². The zero-order valence-electron chi connectivity index (χ0n) is 13.3. The van der Waals surface area contributed by atoms with Crippen LogP contribution in [-0.4, -0.2) is 16.3 Å². The number of hydrogen-bond acceptors (Lipinski definition) is 2. The van der Waals surface area contributed by atoms with Crippen LogP contribution in [0.3, 0.4) is 0 Å². The summed E-state index contributed by atoms with van der Waals surface area (Å²) in [5, 5.41) is 8.28. The van der Waals surface area contributed by atoms with E-state index in [1.807, 2.05) is 0 Å². The molecule has 1 aliphatic carbocycles. The van der Waals surface area contributed by atoms with Crippen molar-refractivity contribution >= 4 is 0 Å². The van der Waals surface area contributed by atoms with Gasteiger partial charge in [-0.25, -0.2) is 0 Å². The highest BCUT2D eigenvalue weighted by Gasteiger charge is 2.20. The third-order valence-electron chi connectivity index (χ3n) is 4.23. The first kappa shape index (κ1) is 15.3. The summed E-state index contributed by atoms with van der Waals surface area (Å²) in [7, 11) is 2.07. The Hall–Kier alpha value is -1.09. The number of aryl methyl sites for hydroxylation is 2. The van der Waals surface area contributed by atoms with Crippen molar-refractivity contribution in [3.63, 3.8) is 0 Å². The van der Waals surface area contributed by atoms with Gasteiger partial charge in [-0.05, 0) is 44.7 Å². The molecule has 3 heteroatoms. The average Bonchev–Trinajstić information content (AvgIpc) is 2.78. The summed E-state index contributed by atoms with van der Waals surface area (Å²) >= 11 is 0. The molecule has 0 fully saturated rings. The molecule has 1 heterocycles. The molecule has 1 aliphatic rings. The molecule has 1 atom stereocenters. The summed E-state index contributed by atoms with van der Waals surface area (Å²) in [6, 6.07) is 2.61. The Labute approximate surface area is 123 Å². The first-order chi connectivity index (χ1) is 9.76. The lowest BCUT2D eigenvalue weighted by Gasteiger charge is -2.23. The highest BCUT2D eigenvalue weighted by Crippen LogP contribution is 2.29. The van der Waals surface area contributed by atoms with E-state index in [4.69, 9.17) is 0 Å². The highest BCUT2D eigenvalue weighted by atomic mass is 15.3. The van der Waals surface area contributed by atoms with Crippen molar-refractivity contribution in [3.05, 3.63) is 29.1 Å². The first-order valence-electron chi connectivity index (χ1n) is 8.21. The van der Waals surface area contributed by atoms with Crippen LogP contribution in [0.15, 0.2) is 17.7 Å². The van der Waals surface area contributed by atoms with Gasteiger partial charge in [-0.1, -0.05) is 38.3 Å². The minimum Gasteiger partial charge on any atom is -0.306 e. The van der Waals surface area contributed by atoms with Crippen LogP contribution in [-0.2, 0) is 13.5 Å². The van der Waals surface area contributed by atoms with Gasteiger partial charge in [-0.3, -0.25) is 4.68 Å². The van der Waals surface area contributed by atoms with Gasteiger partial charge in [0.05, 0.1) is 17.4 Å². The molecule has 1 unspecified atom stereocenters. The molecular weight excluding hydrogens is 246 g/mol. The molecule has 112 valence electrons. The Morgan fingerprint density at radius 3 is 2.75 bits per heavy atom. The first-order valence-corrected chi connectivity index (χ1v) is 8.21. The Kier molecular flexibility index (Phi) is 5.84. The Morgan fingerprint density at radius 1 is 1.25 bits per heavy atom. The molecule has 1 aromatic heterocycles. The van der Waals surface area contributed by atoms with Gasteiger partial charge >= 0.3 is 0 Å². The van der Waals surface area contributed by atoms with Crippen LogP contribution >= 0.6 is 0 Å².